The fourth-order valence-electron chi connectivity index (χ4n) is 1.07. The number of fused-ring (bicyclic) bond motifs is 1. The van der Waals surface area contributed by atoms with Crippen molar-refractivity contribution < 1.29 is 0 Å². The van der Waals surface area contributed by atoms with Crippen LogP contribution in [0.2, 0.25) is 0 Å². The largest absolute Gasteiger partial charge is 0.269 e. The van der Waals surface area contributed by atoms with Crippen LogP contribution in [0, 0.1) is 0 Å². The van der Waals surface area contributed by atoms with E-state index in [0.29, 0.717) is 10.7 Å². The zero-order valence-electron chi connectivity index (χ0n) is 6.99. The summed E-state index contributed by atoms with van der Waals surface area (Å²) in [5.41, 5.74) is 8.46. The quantitative estimate of drug-likeness (QED) is 0.425. The first-order chi connectivity index (χ1) is 6.81. The summed E-state index contributed by atoms with van der Waals surface area (Å²) in [7, 11) is 0. The van der Waals surface area contributed by atoms with Gasteiger partial charge in [-0.25, -0.2) is 4.98 Å². The SMILES string of the molecule is [N-]=[N+]=NCc1cc(=O)n2ccsc2n1. The van der Waals surface area contributed by atoms with E-state index in [0.717, 1.165) is 0 Å². The number of nitrogens with zero attached hydrogens (tertiary/aromatic N) is 5. The fourth-order valence-corrected chi connectivity index (χ4v) is 1.81. The minimum absolute atomic E-state index is 0.111. The lowest BCUT2D eigenvalue weighted by Crippen LogP contribution is -2.12. The van der Waals surface area contributed by atoms with Gasteiger partial charge in [0.1, 0.15) is 0 Å². The topological polar surface area (TPSA) is 83.1 Å². The van der Waals surface area contributed by atoms with Crippen molar-refractivity contribution in [2.45, 2.75) is 6.54 Å². The number of azide groups is 1. The van der Waals surface area contributed by atoms with Gasteiger partial charge in [0.2, 0.25) is 0 Å². The summed E-state index contributed by atoms with van der Waals surface area (Å²) < 4.78 is 1.45. The van der Waals surface area contributed by atoms with Crippen molar-refractivity contribution in [1.29, 1.82) is 0 Å². The molecular weight excluding hydrogens is 202 g/mol. The average Bonchev–Trinajstić information content (AvgIpc) is 2.63. The van der Waals surface area contributed by atoms with Crippen molar-refractivity contribution in [3.63, 3.8) is 0 Å². The van der Waals surface area contributed by atoms with Crippen molar-refractivity contribution in [2.24, 2.45) is 5.11 Å². The van der Waals surface area contributed by atoms with Gasteiger partial charge in [-0.15, -0.1) is 11.3 Å². The van der Waals surface area contributed by atoms with E-state index < -0.39 is 0 Å². The Balaban J connectivity index is 2.58. The van der Waals surface area contributed by atoms with Gasteiger partial charge < -0.3 is 0 Å². The Bertz CT molecular complexity index is 565. The Morgan fingerprint density at radius 1 is 1.71 bits per heavy atom. The Morgan fingerprint density at radius 2 is 2.57 bits per heavy atom. The lowest BCUT2D eigenvalue weighted by Gasteiger charge is -1.94. The summed E-state index contributed by atoms with van der Waals surface area (Å²) >= 11 is 1.37. The number of hydrogen-bond acceptors (Lipinski definition) is 4. The minimum atomic E-state index is -0.153. The van der Waals surface area contributed by atoms with Crippen molar-refractivity contribution in [3.05, 3.63) is 44.1 Å². The molecule has 2 heterocycles. The first-order valence-electron chi connectivity index (χ1n) is 3.78. The van der Waals surface area contributed by atoms with Gasteiger partial charge in [0.25, 0.3) is 5.56 Å². The zero-order valence-corrected chi connectivity index (χ0v) is 7.81. The Morgan fingerprint density at radius 3 is 3.36 bits per heavy atom. The molecule has 2 aromatic heterocycles. The third-order valence-electron chi connectivity index (χ3n) is 1.65. The molecule has 6 nitrogen and oxygen atoms in total. The predicted molar refractivity (Wildman–Crippen MR) is 52.2 cm³/mol. The molecule has 2 aromatic rings. The highest BCUT2D eigenvalue weighted by atomic mass is 32.1. The van der Waals surface area contributed by atoms with E-state index in [1.807, 2.05) is 0 Å². The highest BCUT2D eigenvalue weighted by Gasteiger charge is 2.01. The van der Waals surface area contributed by atoms with Gasteiger partial charge in [-0.1, -0.05) is 5.11 Å². The zero-order chi connectivity index (χ0) is 9.97. The molecule has 7 heteroatoms. The van der Waals surface area contributed by atoms with Crippen LogP contribution in [0.4, 0.5) is 0 Å². The molecule has 0 bridgehead atoms. The summed E-state index contributed by atoms with van der Waals surface area (Å²) in [6.07, 6.45) is 1.66. The Hall–Kier alpha value is -1.85. The maximum absolute atomic E-state index is 11.4. The molecule has 0 radical (unpaired) electrons. The molecule has 70 valence electrons. The molecule has 0 aromatic carbocycles. The van der Waals surface area contributed by atoms with Crippen LogP contribution in [-0.4, -0.2) is 9.38 Å². The molecule has 0 N–H and O–H groups in total. The van der Waals surface area contributed by atoms with E-state index in [1.54, 1.807) is 11.6 Å². The van der Waals surface area contributed by atoms with E-state index in [4.69, 9.17) is 5.53 Å². The molecule has 0 aliphatic carbocycles. The van der Waals surface area contributed by atoms with Gasteiger partial charge in [0, 0.05) is 22.6 Å². The van der Waals surface area contributed by atoms with Gasteiger partial charge in [0.05, 0.1) is 12.2 Å². The average molecular weight is 207 g/mol. The summed E-state index contributed by atoms with van der Waals surface area (Å²) in [6, 6.07) is 1.37. The lowest BCUT2D eigenvalue weighted by atomic mass is 10.4. The van der Waals surface area contributed by atoms with E-state index in [-0.39, 0.29) is 12.1 Å². The number of rotatable bonds is 2. The molecule has 0 spiro atoms. The normalized spacial score (nSPS) is 10.0. The van der Waals surface area contributed by atoms with Crippen molar-refractivity contribution >= 4 is 16.3 Å². The van der Waals surface area contributed by atoms with Gasteiger partial charge in [0.15, 0.2) is 4.96 Å². The van der Waals surface area contributed by atoms with Crippen LogP contribution in [0.25, 0.3) is 15.4 Å². The van der Waals surface area contributed by atoms with Gasteiger partial charge >= 0.3 is 0 Å². The molecule has 0 aliphatic heterocycles. The van der Waals surface area contributed by atoms with Crippen molar-refractivity contribution in [1.82, 2.24) is 9.38 Å². The second-order valence-electron chi connectivity index (χ2n) is 2.53. The van der Waals surface area contributed by atoms with Crippen LogP contribution in [0.5, 0.6) is 0 Å². The molecule has 0 atom stereocenters. The molecule has 0 saturated heterocycles. The molecule has 0 fully saturated rings. The number of aromatic nitrogens is 2. The van der Waals surface area contributed by atoms with Gasteiger partial charge in [-0.05, 0) is 5.53 Å². The van der Waals surface area contributed by atoms with Crippen LogP contribution in [0.3, 0.4) is 0 Å². The van der Waals surface area contributed by atoms with Crippen LogP contribution in [0.1, 0.15) is 5.69 Å². The number of hydrogen-bond donors (Lipinski definition) is 0. The van der Waals surface area contributed by atoms with E-state index >= 15 is 0 Å². The molecule has 0 aliphatic rings. The second-order valence-corrected chi connectivity index (χ2v) is 3.40. The third-order valence-corrected chi connectivity index (χ3v) is 2.41. The summed E-state index contributed by atoms with van der Waals surface area (Å²) in [4.78, 5) is 18.8. The summed E-state index contributed by atoms with van der Waals surface area (Å²) in [6.45, 7) is 0.111. The monoisotopic (exact) mass is 207 g/mol. The first-order valence-corrected chi connectivity index (χ1v) is 4.66. The molecule has 14 heavy (non-hydrogen) atoms. The van der Waals surface area contributed by atoms with E-state index in [2.05, 4.69) is 15.0 Å². The summed E-state index contributed by atoms with van der Waals surface area (Å²) in [5, 5.41) is 5.13. The van der Waals surface area contributed by atoms with Crippen molar-refractivity contribution in [2.75, 3.05) is 0 Å². The van der Waals surface area contributed by atoms with Gasteiger partial charge in [-0.2, -0.15) is 0 Å². The Kier molecular flexibility index (Phi) is 2.18. The molecular formula is C7H5N5OS. The molecule has 0 unspecified atom stereocenters. The third kappa shape index (κ3) is 1.46. The standard InChI is InChI=1S/C7H5N5OS/c8-11-9-4-5-3-6(13)12-1-2-14-7(12)10-5/h1-3H,4H2. The van der Waals surface area contributed by atoms with Crippen LogP contribution in [0.15, 0.2) is 27.6 Å². The van der Waals surface area contributed by atoms with Crippen LogP contribution in [-0.2, 0) is 6.54 Å². The summed E-state index contributed by atoms with van der Waals surface area (Å²) in [5.74, 6) is 0. The molecule has 0 amide bonds. The Labute approximate surface area is 82.1 Å². The minimum Gasteiger partial charge on any atom is -0.269 e. The predicted octanol–water partition coefficient (Wildman–Crippen LogP) is 1.57. The van der Waals surface area contributed by atoms with Gasteiger partial charge in [-0.3, -0.25) is 9.20 Å². The highest BCUT2D eigenvalue weighted by molar-refractivity contribution is 7.15. The smallest absolute Gasteiger partial charge is 0.258 e. The second kappa shape index (κ2) is 3.49. The first kappa shape index (κ1) is 8.74. The van der Waals surface area contributed by atoms with E-state index in [1.165, 1.54) is 21.8 Å². The van der Waals surface area contributed by atoms with Crippen LogP contribution < -0.4 is 5.56 Å². The van der Waals surface area contributed by atoms with Crippen LogP contribution >= 0.6 is 11.3 Å². The number of thiazole rings is 1. The van der Waals surface area contributed by atoms with Crippen molar-refractivity contribution in [3.8, 4) is 0 Å². The maximum atomic E-state index is 11.4. The fraction of sp³-hybridized carbons (Fsp3) is 0.143. The van der Waals surface area contributed by atoms with E-state index in [9.17, 15) is 4.79 Å². The highest BCUT2D eigenvalue weighted by Crippen LogP contribution is 2.06. The molecule has 0 saturated carbocycles. The maximum Gasteiger partial charge on any atom is 0.258 e. The lowest BCUT2D eigenvalue weighted by molar-refractivity contribution is 0.947. The molecule has 2 rings (SSSR count).